The van der Waals surface area contributed by atoms with Gasteiger partial charge in [0.2, 0.25) is 0 Å². The Bertz CT molecular complexity index is 374. The summed E-state index contributed by atoms with van der Waals surface area (Å²) < 4.78 is 0. The topological polar surface area (TPSA) is 82.5 Å². The first-order chi connectivity index (χ1) is 6.75. The van der Waals surface area contributed by atoms with Crippen molar-refractivity contribution in [2.45, 2.75) is 0 Å². The van der Waals surface area contributed by atoms with Gasteiger partial charge in [0.15, 0.2) is 0 Å². The second kappa shape index (κ2) is 4.48. The molecule has 2 aromatic rings. The van der Waals surface area contributed by atoms with Crippen LogP contribution in [0.2, 0.25) is 0 Å². The molecule has 0 amide bonds. The standard InChI is InChI=1S/C12H12N2.N/c13-11-5-1-9(2-6-11)10-3-7-12(14)8-4-10;/h1-8H,13-14H2;. The fourth-order valence-corrected chi connectivity index (χ4v) is 1.35. The molecule has 0 bridgehead atoms. The fourth-order valence-electron chi connectivity index (χ4n) is 1.35. The summed E-state index contributed by atoms with van der Waals surface area (Å²) in [5.74, 6) is 0. The van der Waals surface area contributed by atoms with Crippen LogP contribution in [0.1, 0.15) is 0 Å². The van der Waals surface area contributed by atoms with Crippen molar-refractivity contribution < 1.29 is 0 Å². The molecule has 3 heteroatoms. The van der Waals surface area contributed by atoms with E-state index in [4.69, 9.17) is 11.5 Å². The summed E-state index contributed by atoms with van der Waals surface area (Å²) in [7, 11) is 0. The van der Waals surface area contributed by atoms with Crippen LogP contribution < -0.4 is 17.6 Å². The molecule has 3 radical (unpaired) electrons. The van der Waals surface area contributed by atoms with Gasteiger partial charge in [0, 0.05) is 17.5 Å². The van der Waals surface area contributed by atoms with E-state index in [-0.39, 0.29) is 6.15 Å². The predicted octanol–water partition coefficient (Wildman–Crippen LogP) is 2.04. The number of nitrogens with zero attached hydrogens (tertiary/aromatic N) is 1. The van der Waals surface area contributed by atoms with E-state index >= 15 is 0 Å². The number of nitrogen functional groups attached to an aromatic ring is 2. The SMILES string of the molecule is Nc1ccc(-c2ccc(N)cc2)cc1.[N]. The molecule has 0 fully saturated rings. The van der Waals surface area contributed by atoms with Crippen molar-refractivity contribution in [3.63, 3.8) is 0 Å². The molecule has 0 saturated heterocycles. The minimum atomic E-state index is 0. The molecule has 0 heterocycles. The minimum Gasteiger partial charge on any atom is -0.399 e. The second-order valence-electron chi connectivity index (χ2n) is 3.24. The summed E-state index contributed by atoms with van der Waals surface area (Å²) in [6.07, 6.45) is 0. The fraction of sp³-hybridized carbons (Fsp3) is 0. The Kier molecular flexibility index (Phi) is 3.31. The van der Waals surface area contributed by atoms with E-state index in [2.05, 4.69) is 0 Å². The first-order valence-corrected chi connectivity index (χ1v) is 4.47. The van der Waals surface area contributed by atoms with Crippen molar-refractivity contribution >= 4 is 11.4 Å². The molecule has 0 aliphatic carbocycles. The summed E-state index contributed by atoms with van der Waals surface area (Å²) >= 11 is 0. The molecule has 75 valence electrons. The maximum absolute atomic E-state index is 5.61. The first kappa shape index (κ1) is 11.1. The molecule has 0 aliphatic rings. The van der Waals surface area contributed by atoms with Crippen LogP contribution in [0, 0.1) is 0 Å². The number of nitrogens with two attached hydrogens (primary N) is 2. The molecular formula is C12H12N3. The van der Waals surface area contributed by atoms with E-state index in [9.17, 15) is 0 Å². The van der Waals surface area contributed by atoms with Crippen molar-refractivity contribution in [2.24, 2.45) is 0 Å². The van der Waals surface area contributed by atoms with Crippen molar-refractivity contribution in [3.05, 3.63) is 48.5 Å². The third-order valence-corrected chi connectivity index (χ3v) is 2.15. The number of hydrogen-bond donors (Lipinski definition) is 2. The second-order valence-corrected chi connectivity index (χ2v) is 3.24. The molecule has 0 atom stereocenters. The summed E-state index contributed by atoms with van der Waals surface area (Å²) in [4.78, 5) is 0. The van der Waals surface area contributed by atoms with Gasteiger partial charge < -0.3 is 11.5 Å². The first-order valence-electron chi connectivity index (χ1n) is 4.47. The van der Waals surface area contributed by atoms with Gasteiger partial charge in [0.25, 0.3) is 0 Å². The zero-order valence-corrected chi connectivity index (χ0v) is 8.22. The zero-order chi connectivity index (χ0) is 9.97. The van der Waals surface area contributed by atoms with Crippen molar-refractivity contribution in [1.29, 1.82) is 0 Å². The van der Waals surface area contributed by atoms with Gasteiger partial charge in [-0.1, -0.05) is 24.3 Å². The van der Waals surface area contributed by atoms with Crippen LogP contribution in [-0.4, -0.2) is 0 Å². The molecule has 0 saturated carbocycles. The Labute approximate surface area is 89.3 Å². The van der Waals surface area contributed by atoms with E-state index in [0.717, 1.165) is 22.5 Å². The van der Waals surface area contributed by atoms with Crippen LogP contribution in [0.4, 0.5) is 11.4 Å². The Morgan fingerprint density at radius 1 is 0.533 bits per heavy atom. The van der Waals surface area contributed by atoms with E-state index in [1.165, 1.54) is 0 Å². The van der Waals surface area contributed by atoms with Gasteiger partial charge in [-0.05, 0) is 35.4 Å². The molecule has 0 spiro atoms. The monoisotopic (exact) mass is 198 g/mol. The van der Waals surface area contributed by atoms with E-state index in [1.807, 2.05) is 48.5 Å². The van der Waals surface area contributed by atoms with E-state index in [1.54, 1.807) is 0 Å². The van der Waals surface area contributed by atoms with Crippen molar-refractivity contribution in [2.75, 3.05) is 11.5 Å². The maximum Gasteiger partial charge on any atom is 0.0314 e. The van der Waals surface area contributed by atoms with Crippen molar-refractivity contribution in [3.8, 4) is 11.1 Å². The number of benzene rings is 2. The Morgan fingerprint density at radius 3 is 1.07 bits per heavy atom. The maximum atomic E-state index is 5.61. The van der Waals surface area contributed by atoms with Gasteiger partial charge in [-0.3, -0.25) is 0 Å². The lowest BCUT2D eigenvalue weighted by Gasteiger charge is -2.02. The van der Waals surface area contributed by atoms with Crippen LogP contribution in [0.25, 0.3) is 11.1 Å². The highest BCUT2D eigenvalue weighted by atomic mass is 14.5. The van der Waals surface area contributed by atoms with Gasteiger partial charge in [0.05, 0.1) is 0 Å². The van der Waals surface area contributed by atoms with Gasteiger partial charge in [-0.2, -0.15) is 0 Å². The lowest BCUT2D eigenvalue weighted by molar-refractivity contribution is 1.61. The molecule has 3 nitrogen and oxygen atoms in total. The quantitative estimate of drug-likeness (QED) is 0.687. The molecular weight excluding hydrogens is 186 g/mol. The van der Waals surface area contributed by atoms with Gasteiger partial charge >= 0.3 is 0 Å². The van der Waals surface area contributed by atoms with Crippen LogP contribution in [-0.2, 0) is 0 Å². The van der Waals surface area contributed by atoms with Gasteiger partial charge in [0.1, 0.15) is 0 Å². The molecule has 0 unspecified atom stereocenters. The van der Waals surface area contributed by atoms with Crippen molar-refractivity contribution in [1.82, 2.24) is 6.15 Å². The third kappa shape index (κ3) is 2.48. The largest absolute Gasteiger partial charge is 0.399 e. The summed E-state index contributed by atoms with van der Waals surface area (Å²) in [5, 5.41) is 0. The highest BCUT2D eigenvalue weighted by Gasteiger charge is 1.95. The predicted molar refractivity (Wildman–Crippen MR) is 62.8 cm³/mol. The van der Waals surface area contributed by atoms with E-state index in [0.29, 0.717) is 0 Å². The average Bonchev–Trinajstić information content (AvgIpc) is 2.21. The smallest absolute Gasteiger partial charge is 0.0314 e. The normalized spacial score (nSPS) is 9.33. The number of hydrogen-bond acceptors (Lipinski definition) is 2. The Hall–Kier alpha value is -2.00. The molecule has 15 heavy (non-hydrogen) atoms. The van der Waals surface area contributed by atoms with Gasteiger partial charge in [-0.25, -0.2) is 0 Å². The zero-order valence-electron chi connectivity index (χ0n) is 8.22. The lowest BCUT2D eigenvalue weighted by atomic mass is 10.1. The number of anilines is 2. The van der Waals surface area contributed by atoms with E-state index < -0.39 is 0 Å². The lowest BCUT2D eigenvalue weighted by Crippen LogP contribution is -1.85. The molecule has 0 aromatic heterocycles. The molecule has 4 N–H and O–H groups in total. The highest BCUT2D eigenvalue weighted by Crippen LogP contribution is 2.21. The van der Waals surface area contributed by atoms with Crippen LogP contribution in [0.3, 0.4) is 0 Å². The van der Waals surface area contributed by atoms with Crippen LogP contribution >= 0.6 is 0 Å². The summed E-state index contributed by atoms with van der Waals surface area (Å²) in [5.41, 5.74) is 15.1. The summed E-state index contributed by atoms with van der Waals surface area (Å²) in [6.45, 7) is 0. The Morgan fingerprint density at radius 2 is 0.800 bits per heavy atom. The number of rotatable bonds is 1. The molecule has 2 aromatic carbocycles. The third-order valence-electron chi connectivity index (χ3n) is 2.15. The van der Waals surface area contributed by atoms with Crippen LogP contribution in [0.5, 0.6) is 0 Å². The average molecular weight is 198 g/mol. The molecule has 0 aliphatic heterocycles. The minimum absolute atomic E-state index is 0. The summed E-state index contributed by atoms with van der Waals surface area (Å²) in [6, 6.07) is 15.6. The highest BCUT2D eigenvalue weighted by molar-refractivity contribution is 5.67. The van der Waals surface area contributed by atoms with Crippen LogP contribution in [0.15, 0.2) is 48.5 Å². The van der Waals surface area contributed by atoms with Gasteiger partial charge in [-0.15, -0.1) is 0 Å². The molecule has 2 rings (SSSR count). The Balaban J connectivity index is 0.00000112.